The van der Waals surface area contributed by atoms with Gasteiger partial charge in [0.05, 0.1) is 0 Å². The van der Waals surface area contributed by atoms with Crippen molar-refractivity contribution in [2.75, 3.05) is 6.54 Å². The molecular weight excluding hydrogens is 188 g/mol. The summed E-state index contributed by atoms with van der Waals surface area (Å²) in [5.41, 5.74) is 0. The lowest BCUT2D eigenvalue weighted by Crippen LogP contribution is -2.38. The topological polar surface area (TPSA) is 40.6 Å². The van der Waals surface area contributed by atoms with Crippen LogP contribution >= 0.6 is 12.6 Å². The smallest absolute Gasteiger partial charge is 0.301 e. The minimum Gasteiger partial charge on any atom is -0.301 e. The molecule has 4 nitrogen and oxygen atoms in total. The van der Waals surface area contributed by atoms with Crippen LogP contribution in [0, 0.1) is 0 Å². The maximum Gasteiger partial charge on any atom is 0.328 e. The zero-order chi connectivity index (χ0) is 10.2. The summed E-state index contributed by atoms with van der Waals surface area (Å²) in [4.78, 5) is 25.7. The number of carbonyl (C=O) groups is 2. The largest absolute Gasteiger partial charge is 0.328 e. The number of nitrogens with zero attached hydrogens (tertiary/aromatic N) is 2. The normalized spacial score (nSPS) is 23.6. The summed E-state index contributed by atoms with van der Waals surface area (Å²) in [6.07, 6.45) is 0. The summed E-state index contributed by atoms with van der Waals surface area (Å²) in [7, 11) is 0. The molecule has 13 heavy (non-hydrogen) atoms. The van der Waals surface area contributed by atoms with E-state index in [1.54, 1.807) is 6.92 Å². The van der Waals surface area contributed by atoms with Crippen LogP contribution in [-0.2, 0) is 4.79 Å². The van der Waals surface area contributed by atoms with Crippen LogP contribution in [-0.4, -0.2) is 39.7 Å². The molecule has 74 valence electrons. The van der Waals surface area contributed by atoms with E-state index >= 15 is 0 Å². The van der Waals surface area contributed by atoms with Gasteiger partial charge in [0.25, 0.3) is 5.91 Å². The van der Waals surface area contributed by atoms with Gasteiger partial charge < -0.3 is 4.90 Å². The van der Waals surface area contributed by atoms with Crippen LogP contribution in [0.25, 0.3) is 0 Å². The molecule has 1 aliphatic rings. The molecule has 1 rings (SSSR count). The Morgan fingerprint density at radius 3 is 2.23 bits per heavy atom. The van der Waals surface area contributed by atoms with Gasteiger partial charge >= 0.3 is 6.03 Å². The molecule has 0 radical (unpaired) electrons. The molecule has 1 unspecified atom stereocenters. The van der Waals surface area contributed by atoms with Crippen molar-refractivity contribution in [2.45, 2.75) is 32.2 Å². The summed E-state index contributed by atoms with van der Waals surface area (Å²) < 4.78 is 0. The highest BCUT2D eigenvalue weighted by Crippen LogP contribution is 2.22. The highest BCUT2D eigenvalue weighted by Gasteiger charge is 2.43. The van der Waals surface area contributed by atoms with Gasteiger partial charge in [-0.05, 0) is 20.8 Å². The van der Waals surface area contributed by atoms with Crippen molar-refractivity contribution in [3.63, 3.8) is 0 Å². The van der Waals surface area contributed by atoms with Crippen molar-refractivity contribution < 1.29 is 9.59 Å². The lowest BCUT2D eigenvalue weighted by atomic mass is 10.3. The van der Waals surface area contributed by atoms with Gasteiger partial charge in [0, 0.05) is 12.6 Å². The second kappa shape index (κ2) is 3.57. The molecule has 1 saturated heterocycles. The van der Waals surface area contributed by atoms with E-state index in [1.165, 1.54) is 9.80 Å². The highest BCUT2D eigenvalue weighted by molar-refractivity contribution is 7.81. The SMILES string of the molecule is CCN1C(=O)C(S)N(C(C)C)C1=O. The highest BCUT2D eigenvalue weighted by atomic mass is 32.1. The third-order valence-corrected chi connectivity index (χ3v) is 2.54. The molecule has 1 aliphatic heterocycles. The van der Waals surface area contributed by atoms with Gasteiger partial charge in [-0.2, -0.15) is 0 Å². The molecule has 0 N–H and O–H groups in total. The van der Waals surface area contributed by atoms with Crippen LogP contribution < -0.4 is 0 Å². The Bertz CT molecular complexity index is 242. The molecule has 0 spiro atoms. The number of thiol groups is 1. The van der Waals surface area contributed by atoms with Crippen molar-refractivity contribution in [1.82, 2.24) is 9.80 Å². The summed E-state index contributed by atoms with van der Waals surface area (Å²) in [5.74, 6) is -0.218. The lowest BCUT2D eigenvalue weighted by molar-refractivity contribution is -0.126. The van der Waals surface area contributed by atoms with E-state index in [9.17, 15) is 9.59 Å². The van der Waals surface area contributed by atoms with Gasteiger partial charge in [-0.15, -0.1) is 12.6 Å². The first-order valence-corrected chi connectivity index (χ1v) is 4.84. The number of carbonyl (C=O) groups excluding carboxylic acids is 2. The Morgan fingerprint density at radius 1 is 1.46 bits per heavy atom. The molecule has 5 heteroatoms. The number of hydrogen-bond acceptors (Lipinski definition) is 3. The van der Waals surface area contributed by atoms with E-state index in [-0.39, 0.29) is 18.0 Å². The predicted octanol–water partition coefficient (Wildman–Crippen LogP) is 0.935. The molecule has 0 aromatic rings. The zero-order valence-electron chi connectivity index (χ0n) is 8.02. The molecular formula is C8H14N2O2S. The minimum atomic E-state index is -0.604. The number of rotatable bonds is 2. The van der Waals surface area contributed by atoms with Crippen molar-refractivity contribution in [3.05, 3.63) is 0 Å². The van der Waals surface area contributed by atoms with Gasteiger partial charge in [-0.1, -0.05) is 0 Å². The third-order valence-electron chi connectivity index (χ3n) is 2.07. The van der Waals surface area contributed by atoms with Crippen molar-refractivity contribution in [3.8, 4) is 0 Å². The van der Waals surface area contributed by atoms with Gasteiger partial charge in [-0.25, -0.2) is 4.79 Å². The van der Waals surface area contributed by atoms with Crippen molar-refractivity contribution in [1.29, 1.82) is 0 Å². The Labute approximate surface area is 83.3 Å². The van der Waals surface area contributed by atoms with Gasteiger partial charge in [0.2, 0.25) is 0 Å². The van der Waals surface area contributed by atoms with Crippen LogP contribution in [0.3, 0.4) is 0 Å². The molecule has 0 saturated carbocycles. The van der Waals surface area contributed by atoms with E-state index < -0.39 is 5.37 Å². The maximum absolute atomic E-state index is 11.6. The average molecular weight is 202 g/mol. The second-order valence-electron chi connectivity index (χ2n) is 3.24. The number of hydrogen-bond donors (Lipinski definition) is 1. The Balaban J connectivity index is 2.91. The van der Waals surface area contributed by atoms with Crippen LogP contribution in [0.2, 0.25) is 0 Å². The van der Waals surface area contributed by atoms with E-state index in [1.807, 2.05) is 13.8 Å². The van der Waals surface area contributed by atoms with Crippen molar-refractivity contribution >= 4 is 24.6 Å². The first-order valence-electron chi connectivity index (χ1n) is 4.32. The van der Waals surface area contributed by atoms with E-state index in [0.29, 0.717) is 6.54 Å². The number of amides is 3. The standard InChI is InChI=1S/C8H14N2O2S/c1-4-9-6(11)7(13)10(5(2)3)8(9)12/h5,7,13H,4H2,1-3H3. The monoisotopic (exact) mass is 202 g/mol. The average Bonchev–Trinajstić information content (AvgIpc) is 2.24. The van der Waals surface area contributed by atoms with Crippen LogP contribution in [0.4, 0.5) is 4.79 Å². The van der Waals surface area contributed by atoms with E-state index in [0.717, 1.165) is 0 Å². The van der Waals surface area contributed by atoms with Crippen LogP contribution in [0.5, 0.6) is 0 Å². The molecule has 1 fully saturated rings. The fraction of sp³-hybridized carbons (Fsp3) is 0.750. The van der Waals surface area contributed by atoms with E-state index in [4.69, 9.17) is 0 Å². The number of likely N-dealkylation sites (N-methyl/N-ethyl adjacent to an activating group) is 1. The first kappa shape index (κ1) is 10.4. The van der Waals surface area contributed by atoms with Gasteiger partial charge in [0.1, 0.15) is 0 Å². The molecule has 1 heterocycles. The van der Waals surface area contributed by atoms with Gasteiger partial charge in [0.15, 0.2) is 5.37 Å². The fourth-order valence-electron chi connectivity index (χ4n) is 1.39. The summed E-state index contributed by atoms with van der Waals surface area (Å²) in [5, 5.41) is -0.604. The summed E-state index contributed by atoms with van der Waals surface area (Å²) >= 11 is 4.11. The Hall–Kier alpha value is -0.710. The Morgan fingerprint density at radius 2 is 2.00 bits per heavy atom. The number of imide groups is 1. The number of urea groups is 1. The fourth-order valence-corrected chi connectivity index (χ4v) is 1.90. The zero-order valence-corrected chi connectivity index (χ0v) is 8.91. The van der Waals surface area contributed by atoms with Gasteiger partial charge in [-0.3, -0.25) is 9.69 Å². The molecule has 0 aromatic carbocycles. The predicted molar refractivity (Wildman–Crippen MR) is 52.5 cm³/mol. The quantitative estimate of drug-likeness (QED) is 0.534. The molecule has 1 atom stereocenters. The molecule has 0 aliphatic carbocycles. The molecule has 0 bridgehead atoms. The lowest BCUT2D eigenvalue weighted by Gasteiger charge is -2.22. The molecule has 0 aromatic heterocycles. The summed E-state index contributed by atoms with van der Waals surface area (Å²) in [6.45, 7) is 5.93. The second-order valence-corrected chi connectivity index (χ2v) is 3.73. The van der Waals surface area contributed by atoms with Crippen LogP contribution in [0.15, 0.2) is 0 Å². The first-order chi connectivity index (χ1) is 6.00. The Kier molecular flexibility index (Phi) is 2.85. The minimum absolute atomic E-state index is 0.00972. The maximum atomic E-state index is 11.6. The third kappa shape index (κ3) is 1.52. The van der Waals surface area contributed by atoms with Crippen LogP contribution in [0.1, 0.15) is 20.8 Å². The van der Waals surface area contributed by atoms with Crippen molar-refractivity contribution in [2.24, 2.45) is 0 Å². The summed E-state index contributed by atoms with van der Waals surface area (Å²) in [6, 6.07) is -0.224. The van der Waals surface area contributed by atoms with E-state index in [2.05, 4.69) is 12.6 Å². The molecule has 3 amide bonds.